The number of carbonyl (C=O) groups excluding carboxylic acids is 1. The molecule has 98 valence electrons. The van der Waals surface area contributed by atoms with Crippen LogP contribution in [0.5, 0.6) is 0 Å². The summed E-state index contributed by atoms with van der Waals surface area (Å²) in [4.78, 5) is 12.1. The van der Waals surface area contributed by atoms with E-state index in [9.17, 15) is 9.18 Å². The normalized spacial score (nSPS) is 10.5. The van der Waals surface area contributed by atoms with E-state index in [0.717, 1.165) is 0 Å². The van der Waals surface area contributed by atoms with Gasteiger partial charge in [-0.15, -0.1) is 0 Å². The Morgan fingerprint density at radius 1 is 1.16 bits per heavy atom. The van der Waals surface area contributed by atoms with Crippen LogP contribution in [0.1, 0.15) is 15.9 Å². The Morgan fingerprint density at radius 3 is 2.53 bits per heavy atom. The molecule has 0 saturated heterocycles. The van der Waals surface area contributed by atoms with Crippen molar-refractivity contribution in [2.24, 2.45) is 0 Å². The minimum Gasteiger partial charge on any atom is -0.294 e. The van der Waals surface area contributed by atoms with Crippen molar-refractivity contribution in [2.75, 3.05) is 0 Å². The molecular formula is C14H8BrCl2FO. The zero-order valence-electron chi connectivity index (χ0n) is 9.59. The van der Waals surface area contributed by atoms with Crippen molar-refractivity contribution in [3.63, 3.8) is 0 Å². The Labute approximate surface area is 128 Å². The highest BCUT2D eigenvalue weighted by Gasteiger charge is 2.12. The lowest BCUT2D eigenvalue weighted by atomic mass is 10.0. The van der Waals surface area contributed by atoms with Crippen LogP contribution in [0.4, 0.5) is 4.39 Å². The van der Waals surface area contributed by atoms with Crippen molar-refractivity contribution in [3.8, 4) is 0 Å². The SMILES string of the molecule is O=C(Cc1ccc(Cl)c(F)c1)c1ccc(Cl)cc1Br. The van der Waals surface area contributed by atoms with Gasteiger partial charge in [-0.1, -0.05) is 29.3 Å². The summed E-state index contributed by atoms with van der Waals surface area (Å²) in [5, 5.41) is 0.588. The Balaban J connectivity index is 2.23. The highest BCUT2D eigenvalue weighted by Crippen LogP contribution is 2.23. The Hall–Kier alpha value is -0.900. The molecule has 0 fully saturated rings. The molecule has 5 heteroatoms. The molecule has 0 atom stereocenters. The predicted molar refractivity (Wildman–Crippen MR) is 78.6 cm³/mol. The summed E-state index contributed by atoms with van der Waals surface area (Å²) in [5.41, 5.74) is 1.09. The third kappa shape index (κ3) is 3.56. The summed E-state index contributed by atoms with van der Waals surface area (Å²) in [6, 6.07) is 9.27. The quantitative estimate of drug-likeness (QED) is 0.676. The van der Waals surface area contributed by atoms with Crippen LogP contribution in [0.15, 0.2) is 40.9 Å². The lowest BCUT2D eigenvalue weighted by Gasteiger charge is -2.05. The molecule has 0 aliphatic heterocycles. The van der Waals surface area contributed by atoms with E-state index in [0.29, 0.717) is 20.6 Å². The second kappa shape index (κ2) is 6.04. The second-order valence-corrected chi connectivity index (χ2v) is 5.67. The molecule has 0 aliphatic rings. The van der Waals surface area contributed by atoms with Gasteiger partial charge in [-0.3, -0.25) is 4.79 Å². The molecule has 2 aromatic carbocycles. The lowest BCUT2D eigenvalue weighted by Crippen LogP contribution is -2.04. The van der Waals surface area contributed by atoms with Gasteiger partial charge in [-0.2, -0.15) is 0 Å². The largest absolute Gasteiger partial charge is 0.294 e. The lowest BCUT2D eigenvalue weighted by molar-refractivity contribution is 0.0992. The fraction of sp³-hybridized carbons (Fsp3) is 0.0714. The maximum Gasteiger partial charge on any atom is 0.168 e. The van der Waals surface area contributed by atoms with Gasteiger partial charge in [0.1, 0.15) is 5.82 Å². The van der Waals surface area contributed by atoms with Crippen molar-refractivity contribution in [3.05, 3.63) is 67.9 Å². The fourth-order valence-electron chi connectivity index (χ4n) is 1.65. The predicted octanol–water partition coefficient (Wildman–Crippen LogP) is 5.32. The Kier molecular flexibility index (Phi) is 4.61. The summed E-state index contributed by atoms with van der Waals surface area (Å²) < 4.78 is 13.9. The highest BCUT2D eigenvalue weighted by atomic mass is 79.9. The monoisotopic (exact) mass is 360 g/mol. The van der Waals surface area contributed by atoms with E-state index in [-0.39, 0.29) is 17.2 Å². The number of rotatable bonds is 3. The van der Waals surface area contributed by atoms with Gasteiger partial charge in [0.2, 0.25) is 0 Å². The zero-order valence-corrected chi connectivity index (χ0v) is 12.7. The van der Waals surface area contributed by atoms with E-state index < -0.39 is 5.82 Å². The minimum absolute atomic E-state index is 0.0453. The van der Waals surface area contributed by atoms with Gasteiger partial charge in [-0.05, 0) is 51.8 Å². The van der Waals surface area contributed by atoms with Crippen LogP contribution in [0, 0.1) is 5.82 Å². The summed E-state index contributed by atoms with van der Waals surface area (Å²) in [5.74, 6) is -0.646. The molecule has 0 N–H and O–H groups in total. The van der Waals surface area contributed by atoms with Crippen LogP contribution in [0.3, 0.4) is 0 Å². The van der Waals surface area contributed by atoms with Crippen molar-refractivity contribution in [1.29, 1.82) is 0 Å². The molecule has 0 bridgehead atoms. The minimum atomic E-state index is -0.526. The van der Waals surface area contributed by atoms with Crippen molar-refractivity contribution >= 4 is 44.9 Å². The summed E-state index contributed by atoms with van der Waals surface area (Å²) in [6.07, 6.45) is 0.105. The number of hydrogen-bond acceptors (Lipinski definition) is 1. The van der Waals surface area contributed by atoms with Gasteiger partial charge in [0.25, 0.3) is 0 Å². The first-order valence-electron chi connectivity index (χ1n) is 5.39. The van der Waals surface area contributed by atoms with Crippen molar-refractivity contribution in [2.45, 2.75) is 6.42 Å². The third-order valence-corrected chi connectivity index (χ3v) is 3.78. The maximum atomic E-state index is 13.3. The van der Waals surface area contributed by atoms with E-state index in [1.807, 2.05) is 0 Å². The van der Waals surface area contributed by atoms with Gasteiger partial charge in [0, 0.05) is 21.5 Å². The number of benzene rings is 2. The Bertz CT molecular complexity index is 643. The third-order valence-electron chi connectivity index (χ3n) is 2.58. The summed E-state index contributed by atoms with van der Waals surface area (Å²) in [7, 11) is 0. The molecule has 0 unspecified atom stereocenters. The van der Waals surface area contributed by atoms with E-state index in [2.05, 4.69) is 15.9 Å². The van der Waals surface area contributed by atoms with Crippen molar-refractivity contribution < 1.29 is 9.18 Å². The van der Waals surface area contributed by atoms with Gasteiger partial charge >= 0.3 is 0 Å². The molecule has 0 heterocycles. The van der Waals surface area contributed by atoms with E-state index >= 15 is 0 Å². The topological polar surface area (TPSA) is 17.1 Å². The molecule has 0 amide bonds. The number of Topliss-reactive ketones (excluding diaryl/α,β-unsaturated/α-hetero) is 1. The fourth-order valence-corrected chi connectivity index (χ4v) is 2.67. The first kappa shape index (κ1) is 14.5. The highest BCUT2D eigenvalue weighted by molar-refractivity contribution is 9.10. The van der Waals surface area contributed by atoms with E-state index in [1.54, 1.807) is 24.3 Å². The summed E-state index contributed by atoms with van der Waals surface area (Å²) >= 11 is 14.7. The van der Waals surface area contributed by atoms with Gasteiger partial charge in [0.15, 0.2) is 5.78 Å². The van der Waals surface area contributed by atoms with Crippen LogP contribution in [0.25, 0.3) is 0 Å². The molecule has 0 spiro atoms. The molecular weight excluding hydrogens is 354 g/mol. The zero-order chi connectivity index (χ0) is 14.0. The van der Waals surface area contributed by atoms with E-state index in [4.69, 9.17) is 23.2 Å². The van der Waals surface area contributed by atoms with Crippen LogP contribution in [0.2, 0.25) is 10.0 Å². The van der Waals surface area contributed by atoms with Gasteiger partial charge < -0.3 is 0 Å². The number of carbonyl (C=O) groups is 1. The van der Waals surface area contributed by atoms with Crippen LogP contribution in [-0.2, 0) is 6.42 Å². The van der Waals surface area contributed by atoms with Crippen molar-refractivity contribution in [1.82, 2.24) is 0 Å². The average molecular weight is 362 g/mol. The molecule has 2 aromatic rings. The average Bonchev–Trinajstić information content (AvgIpc) is 2.33. The molecule has 2 rings (SSSR count). The molecule has 19 heavy (non-hydrogen) atoms. The molecule has 0 radical (unpaired) electrons. The maximum absolute atomic E-state index is 13.3. The number of hydrogen-bond donors (Lipinski definition) is 0. The van der Waals surface area contributed by atoms with Crippen LogP contribution < -0.4 is 0 Å². The molecule has 0 saturated carbocycles. The standard InChI is InChI=1S/C14H8BrCl2FO/c15-11-7-9(16)2-3-10(11)14(19)6-8-1-4-12(17)13(18)5-8/h1-5,7H,6H2. The first-order chi connectivity index (χ1) is 8.97. The number of ketones is 1. The van der Waals surface area contributed by atoms with E-state index in [1.165, 1.54) is 12.1 Å². The van der Waals surface area contributed by atoms with Gasteiger partial charge in [0.05, 0.1) is 5.02 Å². The van der Waals surface area contributed by atoms with Crippen LogP contribution in [-0.4, -0.2) is 5.78 Å². The molecule has 0 aromatic heterocycles. The molecule has 1 nitrogen and oxygen atoms in total. The van der Waals surface area contributed by atoms with Crippen LogP contribution >= 0.6 is 39.1 Å². The summed E-state index contributed by atoms with van der Waals surface area (Å²) in [6.45, 7) is 0. The smallest absolute Gasteiger partial charge is 0.168 e. The first-order valence-corrected chi connectivity index (χ1v) is 6.94. The molecule has 0 aliphatic carbocycles. The second-order valence-electron chi connectivity index (χ2n) is 3.97. The number of halogens is 4. The van der Waals surface area contributed by atoms with Gasteiger partial charge in [-0.25, -0.2) is 4.39 Å². The Morgan fingerprint density at radius 2 is 1.89 bits per heavy atom.